The second kappa shape index (κ2) is 11.4. The highest BCUT2D eigenvalue weighted by Crippen LogP contribution is 2.39. The van der Waals surface area contributed by atoms with Gasteiger partial charge in [-0.25, -0.2) is 0 Å². The Morgan fingerprint density at radius 3 is 1.90 bits per heavy atom. The van der Waals surface area contributed by atoms with Crippen molar-refractivity contribution < 1.29 is 9.47 Å². The average molecular weight is 525 g/mol. The second-order valence-corrected chi connectivity index (χ2v) is 9.77. The number of hydrogen-bond acceptors (Lipinski definition) is 2. The van der Waals surface area contributed by atoms with Crippen molar-refractivity contribution in [2.24, 2.45) is 0 Å². The predicted octanol–water partition coefficient (Wildman–Crippen LogP) is 9.20. The van der Waals surface area contributed by atoms with Crippen molar-refractivity contribution in [3.05, 3.63) is 155 Å². The summed E-state index contributed by atoms with van der Waals surface area (Å²) in [6.45, 7) is 0.912. The van der Waals surface area contributed by atoms with E-state index in [2.05, 4.69) is 72.5 Å². The molecule has 6 aromatic carbocycles. The summed E-state index contributed by atoms with van der Waals surface area (Å²) in [4.78, 5) is 0. The van der Waals surface area contributed by atoms with Crippen LogP contribution in [0.5, 0.6) is 11.5 Å². The lowest BCUT2D eigenvalue weighted by atomic mass is 10.0. The van der Waals surface area contributed by atoms with E-state index in [0.717, 1.165) is 55.3 Å². The molecule has 39 heavy (non-hydrogen) atoms. The van der Waals surface area contributed by atoms with Gasteiger partial charge in [-0.2, -0.15) is 0 Å². The fourth-order valence-electron chi connectivity index (χ4n) is 4.54. The van der Waals surface area contributed by atoms with E-state index >= 15 is 0 Å². The molecule has 0 atom stereocenters. The first-order valence-electron chi connectivity index (χ1n) is 12.8. The average Bonchev–Trinajstić information content (AvgIpc) is 2.98. The Morgan fingerprint density at radius 2 is 1.18 bits per heavy atom. The molecule has 0 aliphatic carbocycles. The Kier molecular flexibility index (Phi) is 7.17. The monoisotopic (exact) mass is 524 g/mol. The Hall–Kier alpha value is -4.71. The van der Waals surface area contributed by atoms with Crippen molar-refractivity contribution >= 4 is 33.1 Å². The van der Waals surface area contributed by atoms with Crippen molar-refractivity contribution in [1.82, 2.24) is 0 Å². The topological polar surface area (TPSA) is 18.5 Å². The Morgan fingerprint density at radius 1 is 0.513 bits per heavy atom. The van der Waals surface area contributed by atoms with Gasteiger partial charge in [0, 0.05) is 21.5 Å². The molecule has 0 radical (unpaired) electrons. The van der Waals surface area contributed by atoms with Gasteiger partial charge >= 0.3 is 0 Å². The summed E-state index contributed by atoms with van der Waals surface area (Å²) < 4.78 is 12.7. The number of benzene rings is 6. The summed E-state index contributed by atoms with van der Waals surface area (Å²) in [7, 11) is 0. The molecular weight excluding hydrogens is 500 g/mol. The first-order valence-corrected chi connectivity index (χ1v) is 13.2. The smallest absolute Gasteiger partial charge is 0.169 e. The Labute approximate surface area is 233 Å². The highest BCUT2D eigenvalue weighted by atomic mass is 35.5. The van der Waals surface area contributed by atoms with Gasteiger partial charge in [0.1, 0.15) is 13.2 Å². The summed E-state index contributed by atoms with van der Waals surface area (Å²) in [5.41, 5.74) is 4.03. The zero-order valence-corrected chi connectivity index (χ0v) is 22.0. The van der Waals surface area contributed by atoms with E-state index in [4.69, 9.17) is 21.1 Å². The van der Waals surface area contributed by atoms with Crippen LogP contribution in [-0.2, 0) is 13.2 Å². The molecule has 6 rings (SSSR count). The van der Waals surface area contributed by atoms with Gasteiger partial charge in [-0.15, -0.1) is 0 Å². The molecule has 0 saturated heterocycles. The molecule has 0 heterocycles. The maximum atomic E-state index is 6.46. The number of fused-ring (bicyclic) bond motifs is 2. The zero-order valence-electron chi connectivity index (χ0n) is 21.2. The maximum absolute atomic E-state index is 6.46. The first kappa shape index (κ1) is 24.6. The molecule has 0 unspecified atom stereocenters. The highest BCUT2D eigenvalue weighted by Gasteiger charge is 2.13. The van der Waals surface area contributed by atoms with Gasteiger partial charge < -0.3 is 9.47 Å². The van der Waals surface area contributed by atoms with Crippen LogP contribution in [-0.4, -0.2) is 0 Å². The summed E-state index contributed by atoms with van der Waals surface area (Å²) in [6, 6.07) is 42.7. The second-order valence-electron chi connectivity index (χ2n) is 9.34. The van der Waals surface area contributed by atoms with Gasteiger partial charge in [-0.05, 0) is 75.8 Å². The van der Waals surface area contributed by atoms with Gasteiger partial charge in [-0.3, -0.25) is 0 Å². The molecule has 0 aromatic heterocycles. The van der Waals surface area contributed by atoms with Crippen molar-refractivity contribution in [2.45, 2.75) is 13.2 Å². The summed E-state index contributed by atoms with van der Waals surface area (Å²) >= 11 is 6.12. The lowest BCUT2D eigenvalue weighted by Crippen LogP contribution is -2.01. The minimum Gasteiger partial charge on any atom is -0.485 e. The Bertz CT molecular complexity index is 1820. The normalized spacial score (nSPS) is 10.7. The molecule has 0 N–H and O–H groups in total. The van der Waals surface area contributed by atoms with Crippen LogP contribution < -0.4 is 9.47 Å². The van der Waals surface area contributed by atoms with Gasteiger partial charge in [0.25, 0.3) is 0 Å². The number of ether oxygens (including phenoxy) is 2. The van der Waals surface area contributed by atoms with Crippen LogP contribution in [0, 0.1) is 11.8 Å². The fourth-order valence-corrected chi connectivity index (χ4v) is 4.73. The number of rotatable bonds is 6. The van der Waals surface area contributed by atoms with Gasteiger partial charge in [0.15, 0.2) is 11.5 Å². The molecule has 2 nitrogen and oxygen atoms in total. The number of halogens is 1. The molecule has 188 valence electrons. The molecule has 0 amide bonds. The minimum absolute atomic E-state index is 0.449. The van der Waals surface area contributed by atoms with Crippen molar-refractivity contribution in [3.63, 3.8) is 0 Å². The summed E-state index contributed by atoms with van der Waals surface area (Å²) in [5.74, 6) is 7.95. The molecule has 0 saturated carbocycles. The zero-order chi connectivity index (χ0) is 26.4. The van der Waals surface area contributed by atoms with Crippen LogP contribution in [0.25, 0.3) is 21.5 Å². The van der Waals surface area contributed by atoms with Crippen molar-refractivity contribution in [1.29, 1.82) is 0 Å². The van der Waals surface area contributed by atoms with Crippen LogP contribution in [0.1, 0.15) is 22.3 Å². The van der Waals surface area contributed by atoms with E-state index in [1.165, 1.54) is 0 Å². The van der Waals surface area contributed by atoms with Crippen LogP contribution in [0.15, 0.2) is 127 Å². The molecular formula is C36H25ClO2. The molecule has 0 aliphatic heterocycles. The van der Waals surface area contributed by atoms with E-state index in [-0.39, 0.29) is 0 Å². The van der Waals surface area contributed by atoms with Gasteiger partial charge in [0.05, 0.1) is 0 Å². The molecule has 0 fully saturated rings. The third-order valence-electron chi connectivity index (χ3n) is 6.53. The Balaban J connectivity index is 1.39. The van der Waals surface area contributed by atoms with Crippen LogP contribution in [0.4, 0.5) is 0 Å². The van der Waals surface area contributed by atoms with Crippen LogP contribution in [0.2, 0.25) is 5.02 Å². The summed E-state index contributed by atoms with van der Waals surface area (Å²) in [5, 5.41) is 5.01. The third-order valence-corrected chi connectivity index (χ3v) is 6.77. The van der Waals surface area contributed by atoms with Crippen molar-refractivity contribution in [3.8, 4) is 23.3 Å². The van der Waals surface area contributed by atoms with E-state index in [1.54, 1.807) is 0 Å². The minimum atomic E-state index is 0.449. The fraction of sp³-hybridized carbons (Fsp3) is 0.0556. The molecule has 0 aliphatic rings. The first-order chi connectivity index (χ1) is 19.2. The standard InChI is InChI=1S/C36H25ClO2/c37-33-13-7-12-26(21-33)14-15-27-16-17-30-22-31-18-19-35(38-24-28-8-3-1-4-9-28)36(34(31)23-32(30)20-27)39-25-29-10-5-2-6-11-29/h1-13,16-23H,24-25H2. The van der Waals surface area contributed by atoms with Crippen LogP contribution >= 0.6 is 11.6 Å². The van der Waals surface area contributed by atoms with Crippen LogP contribution in [0.3, 0.4) is 0 Å². The van der Waals surface area contributed by atoms with E-state index in [9.17, 15) is 0 Å². The molecule has 0 spiro atoms. The molecule has 0 bridgehead atoms. The SMILES string of the molecule is Clc1cccc(C#Cc2ccc3cc4ccc(OCc5ccccc5)c(OCc5ccccc5)c4cc3c2)c1. The maximum Gasteiger partial charge on any atom is 0.169 e. The largest absolute Gasteiger partial charge is 0.485 e. The van der Waals surface area contributed by atoms with E-state index in [0.29, 0.717) is 18.2 Å². The van der Waals surface area contributed by atoms with Gasteiger partial charge in [0.2, 0.25) is 0 Å². The quantitative estimate of drug-likeness (QED) is 0.160. The third kappa shape index (κ3) is 5.91. The predicted molar refractivity (Wildman–Crippen MR) is 160 cm³/mol. The van der Waals surface area contributed by atoms with E-state index in [1.807, 2.05) is 66.7 Å². The molecule has 3 heteroatoms. The van der Waals surface area contributed by atoms with Gasteiger partial charge in [-0.1, -0.05) is 102 Å². The van der Waals surface area contributed by atoms with Crippen molar-refractivity contribution in [2.75, 3.05) is 0 Å². The molecule has 6 aromatic rings. The lowest BCUT2D eigenvalue weighted by molar-refractivity contribution is 0.259. The van der Waals surface area contributed by atoms with E-state index < -0.39 is 0 Å². The summed E-state index contributed by atoms with van der Waals surface area (Å²) in [6.07, 6.45) is 0. The lowest BCUT2D eigenvalue weighted by Gasteiger charge is -2.16. The number of hydrogen-bond donors (Lipinski definition) is 0. The highest BCUT2D eigenvalue weighted by molar-refractivity contribution is 6.30.